The second-order valence-electron chi connectivity index (χ2n) is 6.18. The predicted octanol–water partition coefficient (Wildman–Crippen LogP) is 0.502. The van der Waals surface area contributed by atoms with Crippen molar-refractivity contribution in [1.82, 2.24) is 15.1 Å². The zero-order valence-corrected chi connectivity index (χ0v) is 13.6. The van der Waals surface area contributed by atoms with Crippen molar-refractivity contribution in [3.8, 4) is 0 Å². The van der Waals surface area contributed by atoms with E-state index >= 15 is 0 Å². The summed E-state index contributed by atoms with van der Waals surface area (Å²) < 4.78 is 0. The molecule has 1 rings (SSSR count). The first-order valence-corrected chi connectivity index (χ1v) is 7.95. The summed E-state index contributed by atoms with van der Waals surface area (Å²) in [5.41, 5.74) is 5.81. The van der Waals surface area contributed by atoms with E-state index < -0.39 is 0 Å². The van der Waals surface area contributed by atoms with Crippen molar-refractivity contribution in [3.63, 3.8) is 0 Å². The van der Waals surface area contributed by atoms with Crippen LogP contribution in [0.25, 0.3) is 0 Å². The molecule has 1 heterocycles. The van der Waals surface area contributed by atoms with E-state index in [0.29, 0.717) is 12.0 Å². The van der Waals surface area contributed by atoms with Gasteiger partial charge in [0, 0.05) is 45.3 Å². The number of nitrogens with zero attached hydrogens (tertiary/aromatic N) is 2. The van der Waals surface area contributed by atoms with Gasteiger partial charge in [-0.25, -0.2) is 0 Å². The normalized spacial score (nSPS) is 20.9. The molecule has 1 aliphatic heterocycles. The van der Waals surface area contributed by atoms with Crippen LogP contribution in [0.15, 0.2) is 0 Å². The second kappa shape index (κ2) is 8.60. The molecule has 0 aromatic rings. The number of carbonyl (C=O) groups is 1. The Bertz CT molecular complexity index is 284. The average molecular weight is 284 g/mol. The summed E-state index contributed by atoms with van der Waals surface area (Å²) >= 11 is 0. The average Bonchev–Trinajstić information content (AvgIpc) is 2.46. The van der Waals surface area contributed by atoms with E-state index in [1.54, 1.807) is 0 Å². The highest BCUT2D eigenvalue weighted by atomic mass is 16.2. The van der Waals surface area contributed by atoms with Crippen LogP contribution in [0.4, 0.5) is 0 Å². The quantitative estimate of drug-likeness (QED) is 0.715. The Kier molecular flexibility index (Phi) is 7.48. The van der Waals surface area contributed by atoms with Gasteiger partial charge in [0.15, 0.2) is 0 Å². The third-order valence-corrected chi connectivity index (χ3v) is 4.22. The topological polar surface area (TPSA) is 61.6 Å². The van der Waals surface area contributed by atoms with Gasteiger partial charge in [-0.2, -0.15) is 0 Å². The van der Waals surface area contributed by atoms with Crippen LogP contribution < -0.4 is 11.1 Å². The minimum absolute atomic E-state index is 0.0335. The molecule has 20 heavy (non-hydrogen) atoms. The number of rotatable bonds is 7. The molecule has 5 nitrogen and oxygen atoms in total. The van der Waals surface area contributed by atoms with Crippen LogP contribution in [0.5, 0.6) is 0 Å². The van der Waals surface area contributed by atoms with E-state index in [-0.39, 0.29) is 11.9 Å². The fourth-order valence-electron chi connectivity index (χ4n) is 2.68. The first-order chi connectivity index (χ1) is 9.49. The second-order valence-corrected chi connectivity index (χ2v) is 6.18. The highest BCUT2D eigenvalue weighted by molar-refractivity contribution is 5.81. The molecule has 3 N–H and O–H groups in total. The van der Waals surface area contributed by atoms with Gasteiger partial charge in [-0.15, -0.1) is 0 Å². The number of amides is 1. The summed E-state index contributed by atoms with van der Waals surface area (Å²) in [6, 6.07) is 0.455. The van der Waals surface area contributed by atoms with Crippen LogP contribution in [-0.2, 0) is 4.79 Å². The molecule has 118 valence electrons. The third kappa shape index (κ3) is 5.04. The monoisotopic (exact) mass is 284 g/mol. The van der Waals surface area contributed by atoms with Crippen molar-refractivity contribution in [2.75, 3.05) is 39.3 Å². The maximum absolute atomic E-state index is 12.1. The Morgan fingerprint density at radius 3 is 2.15 bits per heavy atom. The number of piperazine rings is 1. The van der Waals surface area contributed by atoms with E-state index in [4.69, 9.17) is 5.73 Å². The molecule has 1 fully saturated rings. The van der Waals surface area contributed by atoms with Crippen molar-refractivity contribution in [3.05, 3.63) is 0 Å². The Balaban J connectivity index is 2.38. The van der Waals surface area contributed by atoms with E-state index in [9.17, 15) is 4.79 Å². The predicted molar refractivity (Wildman–Crippen MR) is 83.6 cm³/mol. The zero-order valence-electron chi connectivity index (χ0n) is 13.6. The van der Waals surface area contributed by atoms with Crippen molar-refractivity contribution in [2.24, 2.45) is 11.7 Å². The lowest BCUT2D eigenvalue weighted by atomic mass is 10.1. The van der Waals surface area contributed by atoms with Crippen molar-refractivity contribution in [1.29, 1.82) is 0 Å². The van der Waals surface area contributed by atoms with Crippen LogP contribution in [0.1, 0.15) is 34.1 Å². The first-order valence-electron chi connectivity index (χ1n) is 7.95. The zero-order chi connectivity index (χ0) is 15.1. The lowest BCUT2D eigenvalue weighted by molar-refractivity contribution is -0.126. The summed E-state index contributed by atoms with van der Waals surface area (Å²) in [7, 11) is 0. The van der Waals surface area contributed by atoms with Gasteiger partial charge in [-0.05, 0) is 19.3 Å². The molecule has 2 unspecified atom stereocenters. The molecule has 0 aliphatic carbocycles. The highest BCUT2D eigenvalue weighted by Crippen LogP contribution is 2.11. The molecular formula is C15H32N4O. The fourth-order valence-corrected chi connectivity index (χ4v) is 2.68. The molecule has 0 aromatic carbocycles. The van der Waals surface area contributed by atoms with Crippen LogP contribution >= 0.6 is 0 Å². The molecule has 0 radical (unpaired) electrons. The molecule has 1 saturated heterocycles. The van der Waals surface area contributed by atoms with Crippen molar-refractivity contribution >= 4 is 5.91 Å². The van der Waals surface area contributed by atoms with Crippen LogP contribution in [0.3, 0.4) is 0 Å². The molecule has 1 aliphatic rings. The van der Waals surface area contributed by atoms with Gasteiger partial charge in [0.2, 0.25) is 5.91 Å². The molecule has 5 heteroatoms. The minimum Gasteiger partial charge on any atom is -0.354 e. The number of carbonyl (C=O) groups excluding carboxylic acids is 1. The Morgan fingerprint density at radius 2 is 1.70 bits per heavy atom. The molecule has 0 spiro atoms. The summed E-state index contributed by atoms with van der Waals surface area (Å²) in [5.74, 6) is 0.649. The summed E-state index contributed by atoms with van der Waals surface area (Å²) in [6.45, 7) is 13.8. The van der Waals surface area contributed by atoms with Crippen LogP contribution in [0, 0.1) is 5.92 Å². The number of nitrogens with two attached hydrogens (primary N) is 1. The van der Waals surface area contributed by atoms with Gasteiger partial charge < -0.3 is 11.1 Å². The van der Waals surface area contributed by atoms with Gasteiger partial charge in [0.25, 0.3) is 0 Å². The van der Waals surface area contributed by atoms with Gasteiger partial charge >= 0.3 is 0 Å². The standard InChI is InChI=1S/C15H32N4O/c1-5-14(10-16)19-8-6-18(7-9-19)13(4)15(20)17-11-12(2)3/h12-14H,5-11,16H2,1-4H3,(H,17,20). The number of hydrogen-bond donors (Lipinski definition) is 2. The third-order valence-electron chi connectivity index (χ3n) is 4.22. The Labute approximate surface area is 123 Å². The van der Waals surface area contributed by atoms with E-state index in [1.165, 1.54) is 0 Å². The molecule has 0 saturated carbocycles. The lowest BCUT2D eigenvalue weighted by Gasteiger charge is -2.40. The SMILES string of the molecule is CCC(CN)N1CCN(C(C)C(=O)NCC(C)C)CC1. The minimum atomic E-state index is -0.0335. The smallest absolute Gasteiger partial charge is 0.237 e. The summed E-state index contributed by atoms with van der Waals surface area (Å²) in [5, 5.41) is 3.02. The Hall–Kier alpha value is -0.650. The molecule has 0 aromatic heterocycles. The Morgan fingerprint density at radius 1 is 1.15 bits per heavy atom. The first kappa shape index (κ1) is 17.4. The van der Waals surface area contributed by atoms with Crippen LogP contribution in [-0.4, -0.2) is 67.1 Å². The molecule has 0 bridgehead atoms. The van der Waals surface area contributed by atoms with Gasteiger partial charge in [-0.3, -0.25) is 14.6 Å². The fraction of sp³-hybridized carbons (Fsp3) is 0.933. The largest absolute Gasteiger partial charge is 0.354 e. The molecule has 1 amide bonds. The van der Waals surface area contributed by atoms with Crippen LogP contribution in [0.2, 0.25) is 0 Å². The van der Waals surface area contributed by atoms with Gasteiger partial charge in [0.05, 0.1) is 6.04 Å². The highest BCUT2D eigenvalue weighted by Gasteiger charge is 2.27. The maximum Gasteiger partial charge on any atom is 0.237 e. The lowest BCUT2D eigenvalue weighted by Crippen LogP contribution is -2.56. The van der Waals surface area contributed by atoms with Crippen molar-refractivity contribution in [2.45, 2.75) is 46.2 Å². The van der Waals surface area contributed by atoms with E-state index in [1.807, 2.05) is 6.92 Å². The van der Waals surface area contributed by atoms with Crippen molar-refractivity contribution < 1.29 is 4.79 Å². The number of hydrogen-bond acceptors (Lipinski definition) is 4. The summed E-state index contributed by atoms with van der Waals surface area (Å²) in [4.78, 5) is 16.8. The maximum atomic E-state index is 12.1. The van der Waals surface area contributed by atoms with E-state index in [0.717, 1.165) is 45.7 Å². The number of nitrogens with one attached hydrogen (secondary N) is 1. The summed E-state index contributed by atoms with van der Waals surface area (Å²) in [6.07, 6.45) is 1.10. The van der Waals surface area contributed by atoms with Gasteiger partial charge in [0.1, 0.15) is 0 Å². The van der Waals surface area contributed by atoms with Gasteiger partial charge in [-0.1, -0.05) is 20.8 Å². The molecular weight excluding hydrogens is 252 g/mol. The van der Waals surface area contributed by atoms with E-state index in [2.05, 4.69) is 35.9 Å². The molecule has 2 atom stereocenters.